The number of hydrogen-bond donors (Lipinski definition) is 1. The van der Waals surface area contributed by atoms with Crippen molar-refractivity contribution >= 4 is 50.8 Å². The Hall–Kier alpha value is -2.18. The highest BCUT2D eigenvalue weighted by atomic mass is 79.9. The molecule has 0 aliphatic heterocycles. The Morgan fingerprint density at radius 1 is 1.09 bits per heavy atom. The lowest BCUT2D eigenvalue weighted by molar-refractivity contribution is -0.130. The van der Waals surface area contributed by atoms with Gasteiger partial charge < -0.3 is 10.2 Å². The minimum atomic E-state index is -0.644. The predicted molar refractivity (Wildman–Crippen MR) is 130 cm³/mol. The Morgan fingerprint density at radius 3 is 2.53 bits per heavy atom. The first-order valence-electron chi connectivity index (χ1n) is 10.6. The molecule has 168 valence electrons. The van der Waals surface area contributed by atoms with Crippen molar-refractivity contribution in [3.8, 4) is 0 Å². The van der Waals surface area contributed by atoms with Gasteiger partial charge in [-0.25, -0.2) is 4.79 Å². The molecule has 2 bridgehead atoms. The van der Waals surface area contributed by atoms with Gasteiger partial charge in [0.2, 0.25) is 5.91 Å². The minimum absolute atomic E-state index is 0.0427. The second-order valence-electron chi connectivity index (χ2n) is 9.48. The average molecular weight is 518 g/mol. The average Bonchev–Trinajstić information content (AvgIpc) is 3.06. The number of nitrogens with one attached hydrogen (secondary N) is 1. The third-order valence-electron chi connectivity index (χ3n) is 8.02. The molecule has 2 aromatic rings. The molecule has 0 radical (unpaired) electrons. The fraction of sp³-hybridized carbons (Fsp3) is 0.400. The molecule has 2 saturated carbocycles. The lowest BCUT2D eigenvalue weighted by Gasteiger charge is -2.39. The first kappa shape index (κ1) is 23.0. The van der Waals surface area contributed by atoms with Gasteiger partial charge in [0.05, 0.1) is 16.7 Å². The van der Waals surface area contributed by atoms with Gasteiger partial charge in [0.15, 0.2) is 0 Å². The van der Waals surface area contributed by atoms with Gasteiger partial charge in [-0.1, -0.05) is 55.7 Å². The van der Waals surface area contributed by atoms with Crippen molar-refractivity contribution in [1.29, 1.82) is 0 Å². The minimum Gasteiger partial charge on any atom is -0.325 e. The van der Waals surface area contributed by atoms with Gasteiger partial charge in [0.1, 0.15) is 0 Å². The highest BCUT2D eigenvalue weighted by Gasteiger charge is 2.71. The normalized spacial score (nSPS) is 26.9. The van der Waals surface area contributed by atoms with E-state index in [4.69, 9.17) is 16.4 Å². The van der Waals surface area contributed by atoms with E-state index in [1.54, 1.807) is 24.3 Å². The monoisotopic (exact) mass is 516 g/mol. The molecule has 2 fully saturated rings. The van der Waals surface area contributed by atoms with Gasteiger partial charge in [0, 0.05) is 27.0 Å². The third kappa shape index (κ3) is 3.30. The Labute approximate surface area is 201 Å². The molecular formula is C25H26BrClN2O3. The van der Waals surface area contributed by atoms with Crippen LogP contribution in [0.1, 0.15) is 56.0 Å². The largest absolute Gasteiger partial charge is 0.366 e. The maximum absolute atomic E-state index is 13.6. The van der Waals surface area contributed by atoms with Crippen LogP contribution < -0.4 is 5.32 Å². The van der Waals surface area contributed by atoms with Crippen LogP contribution in [0.3, 0.4) is 0 Å². The Balaban J connectivity index is 1.62. The number of oxime groups is 1. The number of halogens is 2. The van der Waals surface area contributed by atoms with Crippen molar-refractivity contribution in [3.05, 3.63) is 63.1 Å². The fourth-order valence-electron chi connectivity index (χ4n) is 5.28. The van der Waals surface area contributed by atoms with E-state index in [0.717, 1.165) is 24.1 Å². The second kappa shape index (κ2) is 7.99. The van der Waals surface area contributed by atoms with Gasteiger partial charge in [-0.05, 0) is 70.9 Å². The number of carbonyl (C=O) groups is 2. The molecule has 1 amide bonds. The van der Waals surface area contributed by atoms with Crippen molar-refractivity contribution in [2.75, 3.05) is 5.32 Å². The molecule has 0 heterocycles. The molecule has 5 nitrogen and oxygen atoms in total. The molecule has 0 spiro atoms. The first-order valence-corrected chi connectivity index (χ1v) is 11.8. The lowest BCUT2D eigenvalue weighted by atomic mass is 9.64. The summed E-state index contributed by atoms with van der Waals surface area (Å²) in [4.78, 5) is 31.6. The van der Waals surface area contributed by atoms with Crippen LogP contribution in [0.5, 0.6) is 0 Å². The second-order valence-corrected chi connectivity index (χ2v) is 10.7. The number of carbonyl (C=O) groups excluding carboxylic acids is 2. The van der Waals surface area contributed by atoms with Crippen molar-refractivity contribution in [3.63, 3.8) is 0 Å². The van der Waals surface area contributed by atoms with Crippen LogP contribution in [0.2, 0.25) is 5.02 Å². The van der Waals surface area contributed by atoms with E-state index in [2.05, 4.69) is 47.2 Å². The number of nitrogens with zero attached hydrogens (tertiary/aromatic N) is 1. The zero-order valence-electron chi connectivity index (χ0n) is 18.6. The van der Waals surface area contributed by atoms with E-state index >= 15 is 0 Å². The Kier molecular flexibility index (Phi) is 5.74. The van der Waals surface area contributed by atoms with Crippen LogP contribution in [-0.4, -0.2) is 17.6 Å². The number of rotatable bonds is 4. The van der Waals surface area contributed by atoms with E-state index in [1.807, 2.05) is 25.1 Å². The van der Waals surface area contributed by atoms with Crippen LogP contribution in [0.15, 0.2) is 52.1 Å². The van der Waals surface area contributed by atoms with Crippen LogP contribution >= 0.6 is 27.5 Å². The van der Waals surface area contributed by atoms with E-state index in [0.29, 0.717) is 27.2 Å². The third-order valence-corrected chi connectivity index (χ3v) is 9.12. The SMILES string of the molecule is Cc1c(Cl)cccc1NC(=O)C12CCC(C)(C(=NOC(=O)c3ccccc3Br)C1)C2(C)C. The summed E-state index contributed by atoms with van der Waals surface area (Å²) in [6.07, 6.45) is 2.00. The zero-order chi connectivity index (χ0) is 23.3. The molecule has 0 aromatic heterocycles. The maximum Gasteiger partial charge on any atom is 0.366 e. The van der Waals surface area contributed by atoms with E-state index in [-0.39, 0.29) is 16.7 Å². The Bertz CT molecular complexity index is 1150. The molecule has 32 heavy (non-hydrogen) atoms. The maximum atomic E-state index is 13.6. The standard InChI is InChI=1S/C25H26BrClN2O3/c1-15-18(27)10-7-11-19(15)28-22(31)25-13-12-24(4,23(25,2)3)20(14-25)29-32-21(30)16-8-5-6-9-17(16)26/h5-11H,12-14H2,1-4H3,(H,28,31). The molecule has 2 unspecified atom stereocenters. The summed E-state index contributed by atoms with van der Waals surface area (Å²) in [6, 6.07) is 12.6. The van der Waals surface area contributed by atoms with E-state index in [1.165, 1.54) is 0 Å². The van der Waals surface area contributed by atoms with Crippen LogP contribution in [0, 0.1) is 23.2 Å². The summed E-state index contributed by atoms with van der Waals surface area (Å²) in [5.74, 6) is -0.568. The van der Waals surface area contributed by atoms with Gasteiger partial charge in [0.25, 0.3) is 0 Å². The van der Waals surface area contributed by atoms with Crippen LogP contribution in [0.25, 0.3) is 0 Å². The lowest BCUT2D eigenvalue weighted by Crippen LogP contribution is -2.43. The van der Waals surface area contributed by atoms with Gasteiger partial charge >= 0.3 is 5.97 Å². The number of fused-ring (bicyclic) bond motifs is 2. The molecule has 4 rings (SSSR count). The summed E-state index contributed by atoms with van der Waals surface area (Å²) in [7, 11) is 0. The highest BCUT2D eigenvalue weighted by Crippen LogP contribution is 2.71. The fourth-order valence-corrected chi connectivity index (χ4v) is 5.90. The number of anilines is 1. The van der Waals surface area contributed by atoms with Crippen LogP contribution in [-0.2, 0) is 9.63 Å². The van der Waals surface area contributed by atoms with Gasteiger partial charge in [-0.2, -0.15) is 0 Å². The molecule has 2 aliphatic rings. The van der Waals surface area contributed by atoms with Crippen molar-refractivity contribution in [2.45, 2.75) is 47.0 Å². The molecule has 2 aliphatic carbocycles. The zero-order valence-corrected chi connectivity index (χ0v) is 20.9. The van der Waals surface area contributed by atoms with E-state index < -0.39 is 11.4 Å². The van der Waals surface area contributed by atoms with Crippen molar-refractivity contribution in [1.82, 2.24) is 0 Å². The highest BCUT2D eigenvalue weighted by molar-refractivity contribution is 9.10. The smallest absolute Gasteiger partial charge is 0.325 e. The number of hydrogen-bond acceptors (Lipinski definition) is 4. The quantitative estimate of drug-likeness (QED) is 0.359. The van der Waals surface area contributed by atoms with Crippen molar-refractivity contribution in [2.24, 2.45) is 21.4 Å². The molecule has 2 atom stereocenters. The summed E-state index contributed by atoms with van der Waals surface area (Å²) >= 11 is 9.62. The number of benzene rings is 2. The van der Waals surface area contributed by atoms with Gasteiger partial charge in [-0.3, -0.25) is 4.79 Å². The molecule has 2 aromatic carbocycles. The van der Waals surface area contributed by atoms with E-state index in [9.17, 15) is 9.59 Å². The summed E-state index contributed by atoms with van der Waals surface area (Å²) in [5.41, 5.74) is 1.37. The predicted octanol–water partition coefficient (Wildman–Crippen LogP) is 6.78. The molecule has 1 N–H and O–H groups in total. The van der Waals surface area contributed by atoms with Crippen molar-refractivity contribution < 1.29 is 14.4 Å². The summed E-state index contributed by atoms with van der Waals surface area (Å²) in [5, 5.41) is 8.03. The molecular weight excluding hydrogens is 492 g/mol. The number of amides is 1. The molecule has 0 saturated heterocycles. The Morgan fingerprint density at radius 2 is 1.81 bits per heavy atom. The summed E-state index contributed by atoms with van der Waals surface area (Å²) < 4.78 is 0.650. The van der Waals surface area contributed by atoms with Gasteiger partial charge in [-0.15, -0.1) is 0 Å². The van der Waals surface area contributed by atoms with Crippen LogP contribution in [0.4, 0.5) is 5.69 Å². The molecule has 7 heteroatoms. The first-order chi connectivity index (χ1) is 15.0. The topological polar surface area (TPSA) is 67.8 Å². The summed E-state index contributed by atoms with van der Waals surface area (Å²) in [6.45, 7) is 8.23.